The monoisotopic (exact) mass is 304 g/mol. The zero-order valence-corrected chi connectivity index (χ0v) is 12.8. The second-order valence-electron chi connectivity index (χ2n) is 6.35. The van der Waals surface area contributed by atoms with Crippen molar-refractivity contribution >= 4 is 23.5 Å². The summed E-state index contributed by atoms with van der Waals surface area (Å²) in [7, 11) is 0. The predicted octanol–water partition coefficient (Wildman–Crippen LogP) is 1.87. The molecule has 1 aliphatic carbocycles. The smallest absolute Gasteiger partial charge is 0.325 e. The number of hydrogen-bond donors (Lipinski definition) is 3. The number of benzene rings is 1. The molecule has 22 heavy (non-hydrogen) atoms. The molecule has 3 N–H and O–H groups in total. The van der Waals surface area contributed by atoms with Gasteiger partial charge in [-0.2, -0.15) is 0 Å². The molecule has 2 atom stereocenters. The summed E-state index contributed by atoms with van der Waals surface area (Å²) in [5, 5.41) is 13.9. The van der Waals surface area contributed by atoms with Gasteiger partial charge in [0.1, 0.15) is 6.04 Å². The molecule has 1 saturated carbocycles. The van der Waals surface area contributed by atoms with E-state index in [2.05, 4.69) is 10.6 Å². The van der Waals surface area contributed by atoms with E-state index in [-0.39, 0.29) is 17.2 Å². The van der Waals surface area contributed by atoms with Crippen molar-refractivity contribution in [2.75, 3.05) is 5.32 Å². The third-order valence-corrected chi connectivity index (χ3v) is 3.96. The van der Waals surface area contributed by atoms with Crippen LogP contribution in [0.5, 0.6) is 0 Å². The number of carbonyl (C=O) groups excluding carboxylic acids is 2. The lowest BCUT2D eigenvalue weighted by atomic mass is 10.1. The number of aliphatic carboxylic acids is 1. The lowest BCUT2D eigenvalue weighted by Crippen LogP contribution is -2.38. The highest BCUT2D eigenvalue weighted by atomic mass is 16.4. The van der Waals surface area contributed by atoms with Crippen LogP contribution in [0, 0.1) is 11.3 Å². The highest BCUT2D eigenvalue weighted by Gasteiger charge is 2.50. The van der Waals surface area contributed by atoms with Crippen molar-refractivity contribution < 1.29 is 19.5 Å². The Kier molecular flexibility index (Phi) is 4.21. The van der Waals surface area contributed by atoms with Gasteiger partial charge in [0.15, 0.2) is 0 Å². The largest absolute Gasteiger partial charge is 0.480 e. The summed E-state index contributed by atoms with van der Waals surface area (Å²) < 4.78 is 0. The van der Waals surface area contributed by atoms with Gasteiger partial charge in [0, 0.05) is 17.2 Å². The number of nitrogens with one attached hydrogen (secondary N) is 2. The Balaban J connectivity index is 1.94. The normalized spacial score (nSPS) is 19.9. The second kappa shape index (κ2) is 5.79. The number of rotatable bonds is 5. The van der Waals surface area contributed by atoms with Gasteiger partial charge in [-0.15, -0.1) is 0 Å². The molecule has 1 aliphatic rings. The Bertz CT molecular complexity index is 607. The SMILES string of the molecule is CC(NC(=O)c1ccc(NC(=O)C2CC2(C)C)cc1)C(=O)O. The zero-order valence-electron chi connectivity index (χ0n) is 12.8. The van der Waals surface area contributed by atoms with Gasteiger partial charge in [0.05, 0.1) is 0 Å². The van der Waals surface area contributed by atoms with Crippen LogP contribution in [0.1, 0.15) is 37.6 Å². The van der Waals surface area contributed by atoms with Crippen molar-refractivity contribution in [2.45, 2.75) is 33.2 Å². The molecule has 2 amide bonds. The van der Waals surface area contributed by atoms with Crippen LogP contribution in [0.4, 0.5) is 5.69 Å². The molecule has 2 unspecified atom stereocenters. The Labute approximate surface area is 128 Å². The fourth-order valence-electron chi connectivity index (χ4n) is 2.19. The van der Waals surface area contributed by atoms with Crippen molar-refractivity contribution in [1.82, 2.24) is 5.32 Å². The Morgan fingerprint density at radius 2 is 1.77 bits per heavy atom. The summed E-state index contributed by atoms with van der Waals surface area (Å²) in [6, 6.07) is 5.42. The first-order chi connectivity index (χ1) is 10.2. The summed E-state index contributed by atoms with van der Waals surface area (Å²) in [6.07, 6.45) is 0.881. The molecule has 1 aromatic rings. The Hall–Kier alpha value is -2.37. The van der Waals surface area contributed by atoms with E-state index in [1.807, 2.05) is 13.8 Å². The van der Waals surface area contributed by atoms with Crippen molar-refractivity contribution in [3.63, 3.8) is 0 Å². The van der Waals surface area contributed by atoms with Crippen LogP contribution in [0.15, 0.2) is 24.3 Å². The average molecular weight is 304 g/mol. The van der Waals surface area contributed by atoms with Gasteiger partial charge >= 0.3 is 5.97 Å². The summed E-state index contributed by atoms with van der Waals surface area (Å²) in [4.78, 5) is 34.5. The molecule has 1 aromatic carbocycles. The predicted molar refractivity (Wildman–Crippen MR) is 81.5 cm³/mol. The van der Waals surface area contributed by atoms with Crippen LogP contribution in [-0.4, -0.2) is 28.9 Å². The maximum absolute atomic E-state index is 12.0. The van der Waals surface area contributed by atoms with Crippen LogP contribution in [0.2, 0.25) is 0 Å². The average Bonchev–Trinajstić information content (AvgIpc) is 3.08. The van der Waals surface area contributed by atoms with Gasteiger partial charge in [-0.25, -0.2) is 0 Å². The fourth-order valence-corrected chi connectivity index (χ4v) is 2.19. The molecule has 0 saturated heterocycles. The molecular weight excluding hydrogens is 284 g/mol. The van der Waals surface area contributed by atoms with Gasteiger partial charge in [-0.3, -0.25) is 14.4 Å². The topological polar surface area (TPSA) is 95.5 Å². The van der Waals surface area contributed by atoms with Gasteiger partial charge in [-0.1, -0.05) is 13.8 Å². The summed E-state index contributed by atoms with van der Waals surface area (Å²) >= 11 is 0. The van der Waals surface area contributed by atoms with Gasteiger partial charge in [-0.05, 0) is 43.0 Å². The van der Waals surface area contributed by atoms with Gasteiger partial charge < -0.3 is 15.7 Å². The Morgan fingerprint density at radius 1 is 1.23 bits per heavy atom. The van der Waals surface area contributed by atoms with Gasteiger partial charge in [0.25, 0.3) is 5.91 Å². The molecule has 0 aliphatic heterocycles. The first-order valence-corrected chi connectivity index (χ1v) is 7.15. The van der Waals surface area contributed by atoms with Crippen LogP contribution >= 0.6 is 0 Å². The van der Waals surface area contributed by atoms with Gasteiger partial charge in [0.2, 0.25) is 5.91 Å². The van der Waals surface area contributed by atoms with Crippen LogP contribution in [0.25, 0.3) is 0 Å². The number of carboxylic acids is 1. The highest BCUT2D eigenvalue weighted by Crippen LogP contribution is 2.51. The van der Waals surface area contributed by atoms with Crippen LogP contribution in [0.3, 0.4) is 0 Å². The molecule has 6 heteroatoms. The van der Waals surface area contributed by atoms with E-state index in [0.29, 0.717) is 11.3 Å². The van der Waals surface area contributed by atoms with E-state index in [9.17, 15) is 14.4 Å². The molecule has 0 spiro atoms. The Morgan fingerprint density at radius 3 is 2.23 bits per heavy atom. The number of amides is 2. The summed E-state index contributed by atoms with van der Waals surface area (Å²) in [5.41, 5.74) is 1.03. The van der Waals surface area contributed by atoms with E-state index in [4.69, 9.17) is 5.11 Å². The van der Waals surface area contributed by atoms with E-state index >= 15 is 0 Å². The lowest BCUT2D eigenvalue weighted by molar-refractivity contribution is -0.138. The van der Waals surface area contributed by atoms with Crippen molar-refractivity contribution in [3.8, 4) is 0 Å². The molecular formula is C16H20N2O4. The number of carbonyl (C=O) groups is 3. The number of anilines is 1. The molecule has 1 fully saturated rings. The molecule has 6 nitrogen and oxygen atoms in total. The lowest BCUT2D eigenvalue weighted by Gasteiger charge is -2.10. The van der Waals surface area contributed by atoms with Crippen molar-refractivity contribution in [3.05, 3.63) is 29.8 Å². The minimum atomic E-state index is -1.09. The minimum Gasteiger partial charge on any atom is -0.480 e. The maximum atomic E-state index is 12.0. The third-order valence-electron chi connectivity index (χ3n) is 3.96. The molecule has 2 rings (SSSR count). The summed E-state index contributed by atoms with van der Waals surface area (Å²) in [5.74, 6) is -1.53. The quantitative estimate of drug-likeness (QED) is 0.774. The molecule has 118 valence electrons. The zero-order chi connectivity index (χ0) is 16.5. The van der Waals surface area contributed by atoms with E-state index in [1.54, 1.807) is 24.3 Å². The molecule has 0 aromatic heterocycles. The minimum absolute atomic E-state index is 0.0123. The van der Waals surface area contributed by atoms with Crippen molar-refractivity contribution in [1.29, 1.82) is 0 Å². The number of carboxylic acid groups (broad SMARTS) is 1. The summed E-state index contributed by atoms with van der Waals surface area (Å²) in [6.45, 7) is 5.49. The first kappa shape index (κ1) is 16.0. The van der Waals surface area contributed by atoms with E-state index in [1.165, 1.54) is 6.92 Å². The third kappa shape index (κ3) is 3.63. The van der Waals surface area contributed by atoms with E-state index in [0.717, 1.165) is 6.42 Å². The number of hydrogen-bond acceptors (Lipinski definition) is 3. The first-order valence-electron chi connectivity index (χ1n) is 7.15. The molecule has 0 radical (unpaired) electrons. The van der Waals surface area contributed by atoms with Crippen LogP contribution < -0.4 is 10.6 Å². The fraction of sp³-hybridized carbons (Fsp3) is 0.438. The highest BCUT2D eigenvalue weighted by molar-refractivity contribution is 5.98. The second-order valence-corrected chi connectivity index (χ2v) is 6.35. The van der Waals surface area contributed by atoms with Crippen LogP contribution in [-0.2, 0) is 9.59 Å². The van der Waals surface area contributed by atoms with E-state index < -0.39 is 17.9 Å². The standard InChI is InChI=1S/C16H20N2O4/c1-9(15(21)22)17-13(19)10-4-6-11(7-5-10)18-14(20)12-8-16(12,2)3/h4-7,9,12H,8H2,1-3H3,(H,17,19)(H,18,20)(H,21,22). The van der Waals surface area contributed by atoms with Crippen molar-refractivity contribution in [2.24, 2.45) is 11.3 Å². The molecule has 0 bridgehead atoms. The molecule has 0 heterocycles. The maximum Gasteiger partial charge on any atom is 0.325 e.